The lowest BCUT2D eigenvalue weighted by Crippen LogP contribution is -2.43. The second-order valence-corrected chi connectivity index (χ2v) is 5.12. The van der Waals surface area contributed by atoms with Crippen LogP contribution in [0.15, 0.2) is 24.3 Å². The number of amides is 1. The molecule has 0 aliphatic heterocycles. The molecule has 0 N–H and O–H groups in total. The van der Waals surface area contributed by atoms with Gasteiger partial charge in [0.25, 0.3) is 0 Å². The van der Waals surface area contributed by atoms with E-state index in [4.69, 9.17) is 0 Å². The topological polar surface area (TPSA) is 20.3 Å². The van der Waals surface area contributed by atoms with E-state index in [2.05, 4.69) is 0 Å². The Hall–Kier alpha value is -1.38. The summed E-state index contributed by atoms with van der Waals surface area (Å²) in [5, 5.41) is 0. The summed E-state index contributed by atoms with van der Waals surface area (Å²) in [5.41, 5.74) is 0.345. The van der Waals surface area contributed by atoms with Crippen LogP contribution >= 0.6 is 0 Å². The number of rotatable bonds is 3. The maximum absolute atomic E-state index is 13.4. The first-order valence-corrected chi connectivity index (χ1v) is 6.62. The Labute approximate surface area is 108 Å². The molecule has 0 bridgehead atoms. The largest absolute Gasteiger partial charge is 0.345 e. The number of likely N-dealkylation sites (N-methyl/N-ethyl adjacent to an activating group) is 1. The van der Waals surface area contributed by atoms with Crippen LogP contribution in [0.25, 0.3) is 0 Å². The van der Waals surface area contributed by atoms with Crippen molar-refractivity contribution >= 4 is 5.91 Å². The van der Waals surface area contributed by atoms with Gasteiger partial charge in [0, 0.05) is 13.6 Å². The van der Waals surface area contributed by atoms with Gasteiger partial charge in [-0.25, -0.2) is 4.39 Å². The summed E-state index contributed by atoms with van der Waals surface area (Å²) in [6.07, 6.45) is 3.75. The fourth-order valence-electron chi connectivity index (χ4n) is 2.90. The summed E-state index contributed by atoms with van der Waals surface area (Å²) in [6.45, 7) is 2.65. The summed E-state index contributed by atoms with van der Waals surface area (Å²) in [5.74, 6) is -0.126. The van der Waals surface area contributed by atoms with Gasteiger partial charge in [0.05, 0.1) is 5.41 Å². The molecule has 0 heterocycles. The zero-order valence-corrected chi connectivity index (χ0v) is 11.1. The zero-order chi connectivity index (χ0) is 13.2. The number of hydrogen-bond acceptors (Lipinski definition) is 1. The SMILES string of the molecule is CCN(C)C(=O)C1(c2cccc(F)c2)CCCC1. The molecule has 1 aliphatic rings. The van der Waals surface area contributed by atoms with Crippen LogP contribution in [0.5, 0.6) is 0 Å². The molecule has 2 rings (SSSR count). The summed E-state index contributed by atoms with van der Waals surface area (Å²) < 4.78 is 13.4. The Balaban J connectivity index is 2.41. The van der Waals surface area contributed by atoms with E-state index in [0.717, 1.165) is 31.2 Å². The Morgan fingerprint density at radius 2 is 2.06 bits per heavy atom. The molecule has 0 unspecified atom stereocenters. The van der Waals surface area contributed by atoms with Crippen LogP contribution in [-0.4, -0.2) is 24.4 Å². The van der Waals surface area contributed by atoms with Crippen molar-refractivity contribution in [3.8, 4) is 0 Å². The summed E-state index contributed by atoms with van der Waals surface area (Å²) in [7, 11) is 1.82. The molecule has 2 nitrogen and oxygen atoms in total. The third-order valence-electron chi connectivity index (χ3n) is 4.06. The average Bonchev–Trinajstić information content (AvgIpc) is 2.87. The number of hydrogen-bond donors (Lipinski definition) is 0. The predicted molar refractivity (Wildman–Crippen MR) is 69.9 cm³/mol. The van der Waals surface area contributed by atoms with Crippen LogP contribution in [0.1, 0.15) is 38.2 Å². The van der Waals surface area contributed by atoms with E-state index in [9.17, 15) is 9.18 Å². The van der Waals surface area contributed by atoms with Crippen molar-refractivity contribution in [3.63, 3.8) is 0 Å². The van der Waals surface area contributed by atoms with E-state index in [1.165, 1.54) is 12.1 Å². The summed E-state index contributed by atoms with van der Waals surface area (Å²) >= 11 is 0. The van der Waals surface area contributed by atoms with Gasteiger partial charge in [-0.2, -0.15) is 0 Å². The monoisotopic (exact) mass is 249 g/mol. The van der Waals surface area contributed by atoms with Gasteiger partial charge in [-0.1, -0.05) is 25.0 Å². The molecule has 98 valence electrons. The first-order valence-electron chi connectivity index (χ1n) is 6.62. The molecule has 0 aromatic heterocycles. The Morgan fingerprint density at radius 3 is 2.61 bits per heavy atom. The smallest absolute Gasteiger partial charge is 0.232 e. The second kappa shape index (κ2) is 5.09. The Kier molecular flexibility index (Phi) is 3.69. The molecule has 3 heteroatoms. The van der Waals surface area contributed by atoms with Crippen LogP contribution in [0.3, 0.4) is 0 Å². The third-order valence-corrected chi connectivity index (χ3v) is 4.06. The van der Waals surface area contributed by atoms with Gasteiger partial charge >= 0.3 is 0 Å². The number of halogens is 1. The van der Waals surface area contributed by atoms with Crippen LogP contribution in [0.2, 0.25) is 0 Å². The summed E-state index contributed by atoms with van der Waals surface area (Å²) in [6, 6.07) is 6.53. The molecule has 0 atom stereocenters. The molecule has 0 saturated heterocycles. The highest BCUT2D eigenvalue weighted by atomic mass is 19.1. The number of carbonyl (C=O) groups is 1. The van der Waals surface area contributed by atoms with Crippen LogP contribution in [0.4, 0.5) is 4.39 Å². The van der Waals surface area contributed by atoms with Crippen LogP contribution < -0.4 is 0 Å². The molecular formula is C15H20FNO. The van der Waals surface area contributed by atoms with E-state index in [1.807, 2.05) is 20.0 Å². The lowest BCUT2D eigenvalue weighted by atomic mass is 9.77. The van der Waals surface area contributed by atoms with E-state index in [-0.39, 0.29) is 11.7 Å². The fraction of sp³-hybridized carbons (Fsp3) is 0.533. The minimum Gasteiger partial charge on any atom is -0.345 e. The first kappa shape index (κ1) is 13.1. The highest BCUT2D eigenvalue weighted by molar-refractivity contribution is 5.88. The third kappa shape index (κ3) is 2.14. The Morgan fingerprint density at radius 1 is 1.39 bits per heavy atom. The molecule has 1 aliphatic carbocycles. The molecule has 18 heavy (non-hydrogen) atoms. The molecule has 1 aromatic carbocycles. The van der Waals surface area contributed by atoms with Crippen molar-refractivity contribution in [1.82, 2.24) is 4.90 Å². The first-order chi connectivity index (χ1) is 8.60. The average molecular weight is 249 g/mol. The number of nitrogens with zero attached hydrogens (tertiary/aromatic N) is 1. The highest BCUT2D eigenvalue weighted by Gasteiger charge is 2.43. The molecule has 1 aromatic rings. The predicted octanol–water partition coefficient (Wildman–Crippen LogP) is 3.12. The minimum atomic E-state index is -0.493. The molecular weight excluding hydrogens is 229 g/mol. The maximum Gasteiger partial charge on any atom is 0.232 e. The van der Waals surface area contributed by atoms with E-state index in [0.29, 0.717) is 6.54 Å². The lowest BCUT2D eigenvalue weighted by Gasteiger charge is -2.32. The molecule has 0 spiro atoms. The van der Waals surface area contributed by atoms with Crippen LogP contribution in [0, 0.1) is 5.82 Å². The standard InChI is InChI=1S/C15H20FNO/c1-3-17(2)14(18)15(9-4-5-10-15)12-7-6-8-13(16)11-12/h6-8,11H,3-5,9-10H2,1-2H3. The van der Waals surface area contributed by atoms with E-state index in [1.54, 1.807) is 11.0 Å². The molecule has 1 saturated carbocycles. The van der Waals surface area contributed by atoms with Crippen molar-refractivity contribution in [2.75, 3.05) is 13.6 Å². The van der Waals surface area contributed by atoms with Gasteiger partial charge in [-0.15, -0.1) is 0 Å². The quantitative estimate of drug-likeness (QED) is 0.806. The lowest BCUT2D eigenvalue weighted by molar-refractivity contribution is -0.135. The summed E-state index contributed by atoms with van der Waals surface area (Å²) in [4.78, 5) is 14.4. The molecule has 1 fully saturated rings. The number of carbonyl (C=O) groups excluding carboxylic acids is 1. The van der Waals surface area contributed by atoms with Gasteiger partial charge < -0.3 is 4.90 Å². The van der Waals surface area contributed by atoms with Crippen molar-refractivity contribution in [3.05, 3.63) is 35.6 Å². The normalized spacial score (nSPS) is 17.7. The van der Waals surface area contributed by atoms with Crippen LogP contribution in [-0.2, 0) is 10.2 Å². The molecule has 1 amide bonds. The van der Waals surface area contributed by atoms with E-state index >= 15 is 0 Å². The van der Waals surface area contributed by atoms with Gasteiger partial charge in [0.2, 0.25) is 5.91 Å². The second-order valence-electron chi connectivity index (χ2n) is 5.12. The fourth-order valence-corrected chi connectivity index (χ4v) is 2.90. The maximum atomic E-state index is 13.4. The van der Waals surface area contributed by atoms with Crippen molar-refractivity contribution in [2.24, 2.45) is 0 Å². The number of benzene rings is 1. The van der Waals surface area contributed by atoms with Crippen molar-refractivity contribution in [2.45, 2.75) is 38.0 Å². The van der Waals surface area contributed by atoms with E-state index < -0.39 is 5.41 Å². The van der Waals surface area contributed by atoms with Gasteiger partial charge in [-0.05, 0) is 37.5 Å². The Bertz CT molecular complexity index is 438. The minimum absolute atomic E-state index is 0.133. The zero-order valence-electron chi connectivity index (χ0n) is 11.1. The van der Waals surface area contributed by atoms with Gasteiger partial charge in [0.1, 0.15) is 5.82 Å². The van der Waals surface area contributed by atoms with Gasteiger partial charge in [-0.3, -0.25) is 4.79 Å². The highest BCUT2D eigenvalue weighted by Crippen LogP contribution is 2.42. The van der Waals surface area contributed by atoms with Gasteiger partial charge in [0.15, 0.2) is 0 Å². The van der Waals surface area contributed by atoms with Crippen molar-refractivity contribution in [1.29, 1.82) is 0 Å². The van der Waals surface area contributed by atoms with Crippen molar-refractivity contribution < 1.29 is 9.18 Å². The molecule has 0 radical (unpaired) electrons.